The van der Waals surface area contributed by atoms with Crippen LogP contribution in [0.15, 0.2) is 35.6 Å². The number of nitrogens with one attached hydrogen (secondary N) is 2. The lowest BCUT2D eigenvalue weighted by Gasteiger charge is -2.02. The highest BCUT2D eigenvalue weighted by atomic mass is 32.2. The normalized spacial score (nSPS) is 10.8. The van der Waals surface area contributed by atoms with E-state index in [-0.39, 0.29) is 0 Å². The molecule has 0 unspecified atom stereocenters. The molecule has 19 heavy (non-hydrogen) atoms. The molecule has 0 amide bonds. The smallest absolute Gasteiger partial charge is 0.225 e. The van der Waals surface area contributed by atoms with Gasteiger partial charge in [0.15, 0.2) is 5.82 Å². The molecule has 0 aliphatic rings. The lowest BCUT2D eigenvalue weighted by molar-refractivity contribution is 0.974. The minimum atomic E-state index is 0.570. The number of hydrogen-bond donors (Lipinski definition) is 2. The van der Waals surface area contributed by atoms with E-state index in [1.165, 1.54) is 0 Å². The second kappa shape index (κ2) is 5.23. The predicted molar refractivity (Wildman–Crippen MR) is 75.6 cm³/mol. The number of rotatable bonds is 4. The fraction of sp³-hybridized carbons (Fsp3) is 0.167. The summed E-state index contributed by atoms with van der Waals surface area (Å²) in [5.74, 6) is 2.15. The van der Waals surface area contributed by atoms with E-state index in [1.54, 1.807) is 18.0 Å². The molecule has 2 heterocycles. The van der Waals surface area contributed by atoms with Crippen LogP contribution in [0.4, 0.5) is 11.8 Å². The summed E-state index contributed by atoms with van der Waals surface area (Å²) in [6.45, 7) is 2.06. The van der Waals surface area contributed by atoms with E-state index in [0.29, 0.717) is 11.8 Å². The van der Waals surface area contributed by atoms with Crippen molar-refractivity contribution < 1.29 is 0 Å². The molecule has 3 aromatic rings. The monoisotopic (exact) mass is 272 g/mol. The van der Waals surface area contributed by atoms with Crippen LogP contribution in [0.1, 0.15) is 6.92 Å². The highest BCUT2D eigenvalue weighted by Gasteiger charge is 2.04. The molecule has 96 valence electrons. The minimum absolute atomic E-state index is 0.570. The van der Waals surface area contributed by atoms with Crippen LogP contribution in [-0.4, -0.2) is 30.9 Å². The summed E-state index contributed by atoms with van der Waals surface area (Å²) in [6, 6.07) is 7.73. The highest BCUT2D eigenvalue weighted by Crippen LogP contribution is 2.17. The number of thioether (sulfide) groups is 1. The van der Waals surface area contributed by atoms with Crippen LogP contribution in [0, 0.1) is 0 Å². The van der Waals surface area contributed by atoms with Gasteiger partial charge in [0.1, 0.15) is 0 Å². The fourth-order valence-corrected chi connectivity index (χ4v) is 2.16. The van der Waals surface area contributed by atoms with E-state index >= 15 is 0 Å². The summed E-state index contributed by atoms with van der Waals surface area (Å²) < 4.78 is 0. The average molecular weight is 272 g/mol. The Kier molecular flexibility index (Phi) is 3.28. The summed E-state index contributed by atoms with van der Waals surface area (Å²) in [4.78, 5) is 13.1. The number of aromatic nitrogens is 5. The van der Waals surface area contributed by atoms with Crippen LogP contribution in [0.3, 0.4) is 0 Å². The first kappa shape index (κ1) is 11.9. The summed E-state index contributed by atoms with van der Waals surface area (Å²) in [5, 5.41) is 10.7. The van der Waals surface area contributed by atoms with Gasteiger partial charge in [0, 0.05) is 0 Å². The molecule has 7 heteroatoms. The summed E-state index contributed by atoms with van der Waals surface area (Å²) in [7, 11) is 0. The van der Waals surface area contributed by atoms with Gasteiger partial charge in [-0.05, 0) is 17.9 Å². The van der Waals surface area contributed by atoms with E-state index in [4.69, 9.17) is 0 Å². The molecule has 0 bridgehead atoms. The molecule has 1 aromatic carbocycles. The lowest BCUT2D eigenvalue weighted by atomic mass is 10.3. The Morgan fingerprint density at radius 1 is 1.21 bits per heavy atom. The van der Waals surface area contributed by atoms with Gasteiger partial charge in [-0.3, -0.25) is 4.98 Å². The molecule has 0 fully saturated rings. The fourth-order valence-electron chi connectivity index (χ4n) is 1.63. The number of H-pyrrole nitrogens is 1. The molecule has 0 aliphatic carbocycles. The highest BCUT2D eigenvalue weighted by molar-refractivity contribution is 7.99. The summed E-state index contributed by atoms with van der Waals surface area (Å²) >= 11 is 1.58. The Hall–Kier alpha value is -2.15. The van der Waals surface area contributed by atoms with E-state index in [1.807, 2.05) is 24.3 Å². The Morgan fingerprint density at radius 3 is 2.89 bits per heavy atom. The summed E-state index contributed by atoms with van der Waals surface area (Å²) in [6.07, 6.45) is 1.68. The van der Waals surface area contributed by atoms with Crippen LogP contribution in [0.2, 0.25) is 0 Å². The largest absolute Gasteiger partial charge is 0.308 e. The van der Waals surface area contributed by atoms with E-state index in [2.05, 4.69) is 37.4 Å². The molecule has 0 saturated carbocycles. The third-order valence-electron chi connectivity index (χ3n) is 2.43. The molecule has 2 N–H and O–H groups in total. The predicted octanol–water partition coefficient (Wildman–Crippen LogP) is 2.60. The van der Waals surface area contributed by atoms with Crippen molar-refractivity contribution in [2.45, 2.75) is 12.1 Å². The maximum atomic E-state index is 4.46. The van der Waals surface area contributed by atoms with Crippen molar-refractivity contribution in [2.75, 3.05) is 11.1 Å². The Balaban J connectivity index is 1.83. The van der Waals surface area contributed by atoms with Crippen molar-refractivity contribution >= 4 is 34.6 Å². The Bertz CT molecular complexity index is 695. The standard InChI is InChI=1S/C12H12N6S/c1-2-19-12-16-11(17-18-12)15-10-7-13-8-5-3-4-6-9(8)14-10/h3-7H,2H2,1H3,(H2,14,15,16,17,18). The second-order valence-corrected chi connectivity index (χ2v) is 5.00. The molecule has 2 aromatic heterocycles. The molecule has 0 atom stereocenters. The number of benzene rings is 1. The summed E-state index contributed by atoms with van der Waals surface area (Å²) in [5.41, 5.74) is 1.71. The van der Waals surface area contributed by atoms with Crippen LogP contribution in [-0.2, 0) is 0 Å². The maximum absolute atomic E-state index is 4.46. The number of aromatic amines is 1. The van der Waals surface area contributed by atoms with Crippen molar-refractivity contribution in [2.24, 2.45) is 0 Å². The van der Waals surface area contributed by atoms with Crippen molar-refractivity contribution in [1.82, 2.24) is 25.1 Å². The van der Waals surface area contributed by atoms with Gasteiger partial charge in [-0.1, -0.05) is 30.8 Å². The quantitative estimate of drug-likeness (QED) is 0.711. The third-order valence-corrected chi connectivity index (χ3v) is 3.16. The number of nitrogens with zero attached hydrogens (tertiary/aromatic N) is 4. The van der Waals surface area contributed by atoms with Gasteiger partial charge in [-0.15, -0.1) is 5.10 Å². The molecule has 0 aliphatic heterocycles. The van der Waals surface area contributed by atoms with Crippen molar-refractivity contribution in [1.29, 1.82) is 0 Å². The van der Waals surface area contributed by atoms with Gasteiger partial charge in [0.05, 0.1) is 17.2 Å². The zero-order chi connectivity index (χ0) is 13.1. The zero-order valence-electron chi connectivity index (χ0n) is 10.3. The maximum Gasteiger partial charge on any atom is 0.225 e. The Morgan fingerprint density at radius 2 is 2.05 bits per heavy atom. The van der Waals surface area contributed by atoms with Crippen LogP contribution >= 0.6 is 11.8 Å². The molecular formula is C12H12N6S. The van der Waals surface area contributed by atoms with Gasteiger partial charge in [0.25, 0.3) is 0 Å². The van der Waals surface area contributed by atoms with E-state index in [0.717, 1.165) is 21.9 Å². The van der Waals surface area contributed by atoms with Gasteiger partial charge in [0.2, 0.25) is 11.1 Å². The van der Waals surface area contributed by atoms with Crippen molar-refractivity contribution in [3.63, 3.8) is 0 Å². The molecule has 0 radical (unpaired) electrons. The lowest BCUT2D eigenvalue weighted by Crippen LogP contribution is -1.96. The first-order valence-corrected chi connectivity index (χ1v) is 6.87. The van der Waals surface area contributed by atoms with Gasteiger partial charge in [-0.25, -0.2) is 10.1 Å². The number of anilines is 2. The molecular weight excluding hydrogens is 260 g/mol. The Labute approximate surface area is 114 Å². The SMILES string of the molecule is CCSc1n[nH]c(Nc2cnc3ccccc3n2)n1. The van der Waals surface area contributed by atoms with Crippen LogP contribution in [0.5, 0.6) is 0 Å². The molecule has 0 spiro atoms. The van der Waals surface area contributed by atoms with Crippen LogP contribution in [0.25, 0.3) is 11.0 Å². The van der Waals surface area contributed by atoms with Gasteiger partial charge < -0.3 is 5.32 Å². The second-order valence-electron chi connectivity index (χ2n) is 3.77. The van der Waals surface area contributed by atoms with E-state index in [9.17, 15) is 0 Å². The third kappa shape index (κ3) is 2.65. The number of para-hydroxylation sites is 2. The average Bonchev–Trinajstić information content (AvgIpc) is 2.86. The first-order valence-electron chi connectivity index (χ1n) is 5.89. The number of hydrogen-bond acceptors (Lipinski definition) is 6. The van der Waals surface area contributed by atoms with Gasteiger partial charge in [-0.2, -0.15) is 4.98 Å². The molecule has 0 saturated heterocycles. The topological polar surface area (TPSA) is 79.4 Å². The van der Waals surface area contributed by atoms with E-state index < -0.39 is 0 Å². The minimum Gasteiger partial charge on any atom is -0.308 e. The zero-order valence-corrected chi connectivity index (χ0v) is 11.1. The van der Waals surface area contributed by atoms with Crippen molar-refractivity contribution in [3.05, 3.63) is 30.5 Å². The van der Waals surface area contributed by atoms with Gasteiger partial charge >= 0.3 is 0 Å². The van der Waals surface area contributed by atoms with Crippen molar-refractivity contribution in [3.8, 4) is 0 Å². The van der Waals surface area contributed by atoms with Crippen LogP contribution < -0.4 is 5.32 Å². The number of fused-ring (bicyclic) bond motifs is 1. The molecule has 6 nitrogen and oxygen atoms in total. The molecule has 3 rings (SSSR count). The first-order chi connectivity index (χ1) is 9.35.